The molecule has 1 rings (SSSR count). The number of halogens is 3. The van der Waals surface area contributed by atoms with Crippen LogP contribution in [0.3, 0.4) is 0 Å². The fraction of sp³-hybridized carbons (Fsp3) is 0.500. The van der Waals surface area contributed by atoms with Crippen molar-refractivity contribution in [1.82, 2.24) is 0 Å². The summed E-state index contributed by atoms with van der Waals surface area (Å²) in [6.07, 6.45) is 2.69. The van der Waals surface area contributed by atoms with Crippen LogP contribution in [0.4, 0.5) is 0 Å². The molecule has 5 heteroatoms. The van der Waals surface area contributed by atoms with Gasteiger partial charge in [-0.15, -0.1) is 0 Å². The van der Waals surface area contributed by atoms with E-state index in [1.165, 1.54) is 0 Å². The fourth-order valence-electron chi connectivity index (χ4n) is 1.52. The second-order valence-electron chi connectivity index (χ2n) is 5.00. The number of nitriles is 1. The van der Waals surface area contributed by atoms with E-state index in [0.29, 0.717) is 22.4 Å². The summed E-state index contributed by atoms with van der Waals surface area (Å²) in [4.78, 5) is 0. The summed E-state index contributed by atoms with van der Waals surface area (Å²) in [6.45, 7) is 4.46. The Kier molecular flexibility index (Phi) is 6.46. The zero-order chi connectivity index (χ0) is 14.5. The quantitative estimate of drug-likeness (QED) is 0.468. The predicted molar refractivity (Wildman–Crippen MR) is 82.9 cm³/mol. The van der Waals surface area contributed by atoms with Gasteiger partial charge >= 0.3 is 0 Å². The largest absolute Gasteiger partial charge is 0.492 e. The Morgan fingerprint density at radius 1 is 1.26 bits per heavy atom. The van der Waals surface area contributed by atoms with Gasteiger partial charge in [-0.3, -0.25) is 0 Å². The van der Waals surface area contributed by atoms with Gasteiger partial charge in [0.1, 0.15) is 5.75 Å². The van der Waals surface area contributed by atoms with Crippen LogP contribution in [-0.2, 0) is 0 Å². The molecular formula is C14H16BrCl2NO. The zero-order valence-corrected chi connectivity index (χ0v) is 14.1. The molecule has 0 fully saturated rings. The van der Waals surface area contributed by atoms with Gasteiger partial charge in [-0.25, -0.2) is 0 Å². The van der Waals surface area contributed by atoms with Crippen molar-refractivity contribution < 1.29 is 4.74 Å². The van der Waals surface area contributed by atoms with Crippen LogP contribution in [0, 0.1) is 16.7 Å². The molecule has 0 aliphatic rings. The second kappa shape index (κ2) is 7.38. The summed E-state index contributed by atoms with van der Waals surface area (Å²) in [5.74, 6) is 0.592. The van der Waals surface area contributed by atoms with Gasteiger partial charge in [0.2, 0.25) is 0 Å². The van der Waals surface area contributed by atoms with E-state index in [9.17, 15) is 0 Å². The van der Waals surface area contributed by atoms with Gasteiger partial charge in [-0.2, -0.15) is 5.26 Å². The first kappa shape index (κ1) is 16.6. The van der Waals surface area contributed by atoms with E-state index >= 15 is 0 Å². The summed E-state index contributed by atoms with van der Waals surface area (Å²) in [5, 5.41) is 10.0. The molecule has 0 saturated heterocycles. The number of hydrogen-bond acceptors (Lipinski definition) is 2. The molecule has 0 unspecified atom stereocenters. The van der Waals surface area contributed by atoms with Gasteiger partial charge in [0, 0.05) is 10.5 Å². The van der Waals surface area contributed by atoms with Crippen molar-refractivity contribution in [3.8, 4) is 11.8 Å². The van der Waals surface area contributed by atoms with Crippen molar-refractivity contribution in [3.63, 3.8) is 0 Å². The van der Waals surface area contributed by atoms with Crippen molar-refractivity contribution >= 4 is 39.1 Å². The lowest BCUT2D eigenvalue weighted by Gasteiger charge is -2.14. The summed E-state index contributed by atoms with van der Waals surface area (Å²) in [6, 6.07) is 5.71. The average molecular weight is 365 g/mol. The lowest BCUT2D eigenvalue weighted by Crippen LogP contribution is -2.08. The monoisotopic (exact) mass is 363 g/mol. The molecule has 0 aliphatic heterocycles. The van der Waals surface area contributed by atoms with Crippen LogP contribution < -0.4 is 4.74 Å². The van der Waals surface area contributed by atoms with E-state index in [0.717, 1.165) is 23.7 Å². The van der Waals surface area contributed by atoms with Crippen LogP contribution in [0.15, 0.2) is 16.6 Å². The molecule has 0 aliphatic carbocycles. The van der Waals surface area contributed by atoms with E-state index < -0.39 is 0 Å². The maximum absolute atomic E-state index is 8.90. The minimum absolute atomic E-state index is 0.265. The van der Waals surface area contributed by atoms with E-state index in [4.69, 9.17) is 33.2 Å². The molecule has 0 atom stereocenters. The normalized spacial score (nSPS) is 11.2. The third-order valence-electron chi connectivity index (χ3n) is 2.73. The highest BCUT2D eigenvalue weighted by atomic mass is 79.9. The molecule has 19 heavy (non-hydrogen) atoms. The number of rotatable bonds is 6. The Balaban J connectivity index is 2.39. The Morgan fingerprint density at radius 2 is 1.95 bits per heavy atom. The van der Waals surface area contributed by atoms with Gasteiger partial charge in [0.05, 0.1) is 28.1 Å². The van der Waals surface area contributed by atoms with E-state index in [2.05, 4.69) is 22.0 Å². The maximum Gasteiger partial charge on any atom is 0.139 e. The minimum atomic E-state index is -0.265. The van der Waals surface area contributed by atoms with Gasteiger partial charge in [-0.05, 0) is 55.1 Å². The lowest BCUT2D eigenvalue weighted by molar-refractivity contribution is 0.295. The van der Waals surface area contributed by atoms with Gasteiger partial charge in [0.25, 0.3) is 0 Å². The number of nitrogens with zero attached hydrogens (tertiary/aromatic N) is 1. The highest BCUT2D eigenvalue weighted by Gasteiger charge is 2.15. The molecular weight excluding hydrogens is 349 g/mol. The third kappa shape index (κ3) is 5.60. The first-order valence-corrected chi connectivity index (χ1v) is 7.59. The SMILES string of the molecule is CC(C)(C#N)CCCCOc1cc(Cl)c(Br)cc1Cl. The van der Waals surface area contributed by atoms with Crippen molar-refractivity contribution in [1.29, 1.82) is 5.26 Å². The van der Waals surface area contributed by atoms with Crippen molar-refractivity contribution in [2.24, 2.45) is 5.41 Å². The van der Waals surface area contributed by atoms with Crippen LogP contribution >= 0.6 is 39.1 Å². The van der Waals surface area contributed by atoms with Crippen molar-refractivity contribution in [2.75, 3.05) is 6.61 Å². The van der Waals surface area contributed by atoms with Crippen LogP contribution in [0.2, 0.25) is 10.0 Å². The molecule has 0 aromatic heterocycles. The van der Waals surface area contributed by atoms with Crippen LogP contribution in [0.25, 0.3) is 0 Å². The molecule has 0 bridgehead atoms. The predicted octanol–water partition coefficient (Wildman–Crippen LogP) is 5.85. The standard InChI is InChI=1S/C14H16BrCl2NO/c1-14(2,9-18)5-3-4-6-19-13-8-11(16)10(15)7-12(13)17/h7-8H,3-6H2,1-2H3. The van der Waals surface area contributed by atoms with Crippen molar-refractivity contribution in [2.45, 2.75) is 33.1 Å². The molecule has 0 saturated carbocycles. The minimum Gasteiger partial charge on any atom is -0.492 e. The summed E-state index contributed by atoms with van der Waals surface area (Å²) >= 11 is 15.3. The number of benzene rings is 1. The first-order valence-electron chi connectivity index (χ1n) is 6.04. The number of hydrogen-bond donors (Lipinski definition) is 0. The Hall–Kier alpha value is -0.430. The van der Waals surface area contributed by atoms with Crippen LogP contribution in [0.1, 0.15) is 33.1 Å². The molecule has 0 amide bonds. The van der Waals surface area contributed by atoms with Gasteiger partial charge in [0.15, 0.2) is 0 Å². The molecule has 0 N–H and O–H groups in total. The number of ether oxygens (including phenoxy) is 1. The molecule has 0 radical (unpaired) electrons. The van der Waals surface area contributed by atoms with E-state index in [1.807, 2.05) is 13.8 Å². The van der Waals surface area contributed by atoms with Crippen LogP contribution in [0.5, 0.6) is 5.75 Å². The van der Waals surface area contributed by atoms with Gasteiger partial charge < -0.3 is 4.74 Å². The fourth-order valence-corrected chi connectivity index (χ4v) is 2.37. The Labute approximate surface area is 132 Å². The zero-order valence-electron chi connectivity index (χ0n) is 11.0. The third-order valence-corrected chi connectivity index (χ3v) is 4.22. The average Bonchev–Trinajstić information content (AvgIpc) is 2.35. The van der Waals surface area contributed by atoms with Gasteiger partial charge in [-0.1, -0.05) is 23.2 Å². The first-order chi connectivity index (χ1) is 8.85. The molecule has 2 nitrogen and oxygen atoms in total. The molecule has 0 heterocycles. The van der Waals surface area contributed by atoms with Crippen LogP contribution in [-0.4, -0.2) is 6.61 Å². The van der Waals surface area contributed by atoms with E-state index in [1.54, 1.807) is 12.1 Å². The Morgan fingerprint density at radius 3 is 2.58 bits per heavy atom. The van der Waals surface area contributed by atoms with Crippen molar-refractivity contribution in [3.05, 3.63) is 26.7 Å². The number of unbranched alkanes of at least 4 members (excludes halogenated alkanes) is 1. The molecule has 1 aromatic rings. The molecule has 0 spiro atoms. The highest BCUT2D eigenvalue weighted by Crippen LogP contribution is 2.34. The summed E-state index contributed by atoms with van der Waals surface area (Å²) in [7, 11) is 0. The topological polar surface area (TPSA) is 33.0 Å². The van der Waals surface area contributed by atoms with E-state index in [-0.39, 0.29) is 5.41 Å². The molecule has 1 aromatic carbocycles. The molecule has 104 valence electrons. The second-order valence-corrected chi connectivity index (χ2v) is 6.67. The maximum atomic E-state index is 8.90. The Bertz CT molecular complexity index is 483. The highest BCUT2D eigenvalue weighted by molar-refractivity contribution is 9.10. The lowest BCUT2D eigenvalue weighted by atomic mass is 9.89. The smallest absolute Gasteiger partial charge is 0.139 e. The summed E-state index contributed by atoms with van der Waals surface area (Å²) in [5.41, 5.74) is -0.265. The summed E-state index contributed by atoms with van der Waals surface area (Å²) < 4.78 is 6.35.